The van der Waals surface area contributed by atoms with Gasteiger partial charge in [-0.15, -0.1) is 0 Å². The first-order valence-electron chi connectivity index (χ1n) is 9.24. The zero-order valence-electron chi connectivity index (χ0n) is 15.6. The van der Waals surface area contributed by atoms with Crippen molar-refractivity contribution in [3.05, 3.63) is 65.7 Å². The molecule has 1 fully saturated rings. The third kappa shape index (κ3) is 4.61. The summed E-state index contributed by atoms with van der Waals surface area (Å²) < 4.78 is 0. The van der Waals surface area contributed by atoms with Gasteiger partial charge < -0.3 is 10.2 Å². The number of benzene rings is 2. The summed E-state index contributed by atoms with van der Waals surface area (Å²) >= 11 is 0. The maximum atomic E-state index is 12.8. The van der Waals surface area contributed by atoms with Crippen LogP contribution in [-0.2, 0) is 16.1 Å². The topological polar surface area (TPSA) is 66.5 Å². The van der Waals surface area contributed by atoms with Crippen LogP contribution >= 0.6 is 0 Å². The predicted octanol–water partition coefficient (Wildman–Crippen LogP) is 3.51. The largest absolute Gasteiger partial charge is 0.338 e. The third-order valence-corrected chi connectivity index (χ3v) is 4.89. The van der Waals surface area contributed by atoms with Gasteiger partial charge in [-0.2, -0.15) is 0 Å². The number of rotatable bonds is 7. The lowest BCUT2D eigenvalue weighted by Gasteiger charge is -2.21. The van der Waals surface area contributed by atoms with Crippen LogP contribution in [0, 0.1) is 11.8 Å². The van der Waals surface area contributed by atoms with E-state index in [1.807, 2.05) is 37.3 Å². The molecule has 2 aromatic rings. The van der Waals surface area contributed by atoms with Gasteiger partial charge in [-0.05, 0) is 38.0 Å². The van der Waals surface area contributed by atoms with Crippen LogP contribution in [0.2, 0.25) is 0 Å². The van der Waals surface area contributed by atoms with E-state index in [1.54, 1.807) is 29.2 Å². The molecule has 0 saturated heterocycles. The maximum absolute atomic E-state index is 12.8. The quantitative estimate of drug-likeness (QED) is 0.765. The molecular formula is C22H24N2O3. The normalized spacial score (nSPS) is 17.9. The molecule has 5 heteroatoms. The number of carbonyl (C=O) groups excluding carboxylic acids is 3. The van der Waals surface area contributed by atoms with Gasteiger partial charge in [0, 0.05) is 24.3 Å². The van der Waals surface area contributed by atoms with Crippen LogP contribution in [0.1, 0.15) is 36.2 Å². The standard InChI is InChI=1S/C22H24N2O3/c1-3-24(14-16-8-5-4-6-9-16)22(27)20-13-19(20)21(26)23-18-11-7-10-17(12-18)15(2)25/h4-12,19-20H,3,13-14H2,1-2H3,(H,23,26). The van der Waals surface area contributed by atoms with Crippen molar-refractivity contribution < 1.29 is 14.4 Å². The van der Waals surface area contributed by atoms with Crippen LogP contribution in [0.5, 0.6) is 0 Å². The number of nitrogens with zero attached hydrogens (tertiary/aromatic N) is 1. The Bertz CT molecular complexity index is 848. The van der Waals surface area contributed by atoms with Gasteiger partial charge in [-0.3, -0.25) is 14.4 Å². The minimum Gasteiger partial charge on any atom is -0.338 e. The second-order valence-corrected chi connectivity index (χ2v) is 6.91. The van der Waals surface area contributed by atoms with Crippen LogP contribution in [0.25, 0.3) is 0 Å². The highest BCUT2D eigenvalue weighted by molar-refractivity contribution is 6.01. The Morgan fingerprint density at radius 2 is 1.78 bits per heavy atom. The molecule has 2 unspecified atom stereocenters. The Morgan fingerprint density at radius 3 is 2.44 bits per heavy atom. The van der Waals surface area contributed by atoms with E-state index in [4.69, 9.17) is 0 Å². The average Bonchev–Trinajstić information content (AvgIpc) is 3.47. The van der Waals surface area contributed by atoms with E-state index in [0.717, 1.165) is 5.56 Å². The van der Waals surface area contributed by atoms with E-state index in [0.29, 0.717) is 30.8 Å². The number of amides is 2. The highest BCUT2D eigenvalue weighted by Gasteiger charge is 2.49. The molecule has 2 aromatic carbocycles. The molecule has 5 nitrogen and oxygen atoms in total. The van der Waals surface area contributed by atoms with Crippen molar-refractivity contribution >= 4 is 23.3 Å². The van der Waals surface area contributed by atoms with E-state index in [-0.39, 0.29) is 29.4 Å². The molecule has 0 heterocycles. The van der Waals surface area contributed by atoms with Crippen LogP contribution < -0.4 is 5.32 Å². The van der Waals surface area contributed by atoms with Crippen molar-refractivity contribution in [3.8, 4) is 0 Å². The number of nitrogens with one attached hydrogen (secondary N) is 1. The molecule has 1 aliphatic carbocycles. The first-order valence-corrected chi connectivity index (χ1v) is 9.24. The van der Waals surface area contributed by atoms with Gasteiger partial charge in [0.2, 0.25) is 11.8 Å². The molecule has 0 spiro atoms. The van der Waals surface area contributed by atoms with E-state index >= 15 is 0 Å². The molecule has 0 aliphatic heterocycles. The van der Waals surface area contributed by atoms with Crippen LogP contribution in [-0.4, -0.2) is 29.0 Å². The first-order chi connectivity index (χ1) is 13.0. The molecule has 2 atom stereocenters. The fourth-order valence-corrected chi connectivity index (χ4v) is 3.19. The molecule has 1 N–H and O–H groups in total. The van der Waals surface area contributed by atoms with Crippen molar-refractivity contribution in [3.63, 3.8) is 0 Å². The van der Waals surface area contributed by atoms with E-state index in [1.165, 1.54) is 6.92 Å². The Morgan fingerprint density at radius 1 is 1.04 bits per heavy atom. The van der Waals surface area contributed by atoms with E-state index in [2.05, 4.69) is 5.32 Å². The van der Waals surface area contributed by atoms with Gasteiger partial charge in [-0.25, -0.2) is 0 Å². The van der Waals surface area contributed by atoms with Crippen LogP contribution in [0.4, 0.5) is 5.69 Å². The number of Topliss-reactive ketones (excluding diaryl/α,β-unsaturated/α-hetero) is 1. The lowest BCUT2D eigenvalue weighted by atomic mass is 10.1. The van der Waals surface area contributed by atoms with Crippen LogP contribution in [0.15, 0.2) is 54.6 Å². The van der Waals surface area contributed by atoms with Crippen LogP contribution in [0.3, 0.4) is 0 Å². The van der Waals surface area contributed by atoms with Crippen molar-refractivity contribution in [2.45, 2.75) is 26.8 Å². The van der Waals surface area contributed by atoms with E-state index in [9.17, 15) is 14.4 Å². The van der Waals surface area contributed by atoms with E-state index < -0.39 is 0 Å². The molecule has 0 radical (unpaired) electrons. The van der Waals surface area contributed by atoms with Crippen molar-refractivity contribution in [2.75, 3.05) is 11.9 Å². The number of hydrogen-bond acceptors (Lipinski definition) is 3. The average molecular weight is 364 g/mol. The minimum absolute atomic E-state index is 0.0268. The second-order valence-electron chi connectivity index (χ2n) is 6.91. The van der Waals surface area contributed by atoms with Gasteiger partial charge in [0.1, 0.15) is 0 Å². The molecule has 27 heavy (non-hydrogen) atoms. The number of anilines is 1. The molecule has 0 bridgehead atoms. The molecule has 2 amide bonds. The molecule has 1 saturated carbocycles. The van der Waals surface area contributed by atoms with Crippen molar-refractivity contribution in [2.24, 2.45) is 11.8 Å². The van der Waals surface area contributed by atoms with Crippen molar-refractivity contribution in [1.29, 1.82) is 0 Å². The Hall–Kier alpha value is -2.95. The predicted molar refractivity (Wildman–Crippen MR) is 104 cm³/mol. The molecular weight excluding hydrogens is 340 g/mol. The maximum Gasteiger partial charge on any atom is 0.228 e. The minimum atomic E-state index is -0.302. The number of hydrogen-bond donors (Lipinski definition) is 1. The fourth-order valence-electron chi connectivity index (χ4n) is 3.19. The summed E-state index contributed by atoms with van der Waals surface area (Å²) in [5.74, 6) is -0.748. The van der Waals surface area contributed by atoms with Crippen molar-refractivity contribution in [1.82, 2.24) is 4.90 Å². The Labute approximate surface area is 159 Å². The molecule has 1 aliphatic rings. The first kappa shape index (κ1) is 18.8. The summed E-state index contributed by atoms with van der Waals surface area (Å²) in [4.78, 5) is 38.5. The number of carbonyl (C=O) groups is 3. The van der Waals surface area contributed by atoms with Gasteiger partial charge >= 0.3 is 0 Å². The molecule has 3 rings (SSSR count). The zero-order valence-corrected chi connectivity index (χ0v) is 15.6. The highest BCUT2D eigenvalue weighted by atomic mass is 16.2. The van der Waals surface area contributed by atoms with Gasteiger partial charge in [0.05, 0.1) is 11.8 Å². The van der Waals surface area contributed by atoms with Gasteiger partial charge in [-0.1, -0.05) is 42.5 Å². The SMILES string of the molecule is CCN(Cc1ccccc1)C(=O)C1CC1C(=O)Nc1cccc(C(C)=O)c1. The summed E-state index contributed by atoms with van der Waals surface area (Å²) in [5, 5.41) is 2.83. The summed E-state index contributed by atoms with van der Waals surface area (Å²) in [6, 6.07) is 16.7. The summed E-state index contributed by atoms with van der Waals surface area (Å²) in [6.45, 7) is 4.61. The lowest BCUT2D eigenvalue weighted by Crippen LogP contribution is -2.33. The smallest absolute Gasteiger partial charge is 0.228 e. The molecule has 0 aromatic heterocycles. The Balaban J connectivity index is 1.59. The van der Waals surface area contributed by atoms with Gasteiger partial charge in [0.15, 0.2) is 5.78 Å². The summed E-state index contributed by atoms with van der Waals surface area (Å²) in [5.41, 5.74) is 2.22. The second kappa shape index (κ2) is 8.16. The summed E-state index contributed by atoms with van der Waals surface area (Å²) in [6.07, 6.45) is 0.572. The number of ketones is 1. The van der Waals surface area contributed by atoms with Gasteiger partial charge in [0.25, 0.3) is 0 Å². The zero-order chi connectivity index (χ0) is 19.4. The fraction of sp³-hybridized carbons (Fsp3) is 0.318. The molecule has 140 valence electrons. The summed E-state index contributed by atoms with van der Waals surface area (Å²) in [7, 11) is 0. The lowest BCUT2D eigenvalue weighted by molar-refractivity contribution is -0.134. The highest BCUT2D eigenvalue weighted by Crippen LogP contribution is 2.41. The Kier molecular flexibility index (Phi) is 5.69. The monoisotopic (exact) mass is 364 g/mol. The third-order valence-electron chi connectivity index (χ3n) is 4.89.